The fourth-order valence-corrected chi connectivity index (χ4v) is 8.93. The van der Waals surface area contributed by atoms with E-state index in [4.69, 9.17) is 9.15 Å². The van der Waals surface area contributed by atoms with Gasteiger partial charge in [-0.05, 0) is 82.8 Å². The number of aromatic nitrogens is 1. The van der Waals surface area contributed by atoms with Gasteiger partial charge in [0.05, 0.1) is 16.7 Å². The molecule has 0 radical (unpaired) electrons. The number of benzene rings is 8. The summed E-state index contributed by atoms with van der Waals surface area (Å²) in [5, 5.41) is 4.74. The van der Waals surface area contributed by atoms with Gasteiger partial charge >= 0.3 is 6.85 Å². The van der Waals surface area contributed by atoms with Crippen molar-refractivity contribution in [2.24, 2.45) is 0 Å². The lowest BCUT2D eigenvalue weighted by Crippen LogP contribution is -2.59. The molecule has 0 spiro atoms. The van der Waals surface area contributed by atoms with Gasteiger partial charge in [-0.15, -0.1) is 0 Å². The van der Waals surface area contributed by atoms with Crippen molar-refractivity contribution in [3.05, 3.63) is 176 Å². The van der Waals surface area contributed by atoms with Gasteiger partial charge < -0.3 is 18.5 Å². The standard InChI is InChI=1S/C48H29BN2O2/c1-2-12-32(13-3-1)51-43-26-30(31-23-25-38-37-16-6-10-20-44(37)52-46(38)27-31)22-24-36(43)39-28-33(29-47-48(39)49(51)40-17-7-11-21-45(40)53-47)50-41-18-8-4-14-34(41)35-15-5-9-19-42(35)50/h1-29H. The van der Waals surface area contributed by atoms with Crippen molar-refractivity contribution >= 4 is 72.9 Å². The van der Waals surface area contributed by atoms with Crippen LogP contribution in [-0.2, 0) is 0 Å². The molecule has 5 heteroatoms. The second-order valence-electron chi connectivity index (χ2n) is 14.1. The SMILES string of the molecule is c1ccc(N2B3c4ccccc4Oc4cc(-n5c6ccccc6c6ccccc65)cc(c43)-c3ccc(-c4ccc5c(c4)oc4ccccc45)cc32)cc1. The van der Waals surface area contributed by atoms with Crippen LogP contribution in [0.1, 0.15) is 0 Å². The third-order valence-electron chi connectivity index (χ3n) is 11.2. The molecule has 0 saturated carbocycles. The first-order valence-electron chi connectivity index (χ1n) is 18.1. The molecule has 0 aliphatic carbocycles. The van der Waals surface area contributed by atoms with Crippen molar-refractivity contribution in [2.45, 2.75) is 0 Å². The summed E-state index contributed by atoms with van der Waals surface area (Å²) in [6.07, 6.45) is 0. The van der Waals surface area contributed by atoms with Crippen LogP contribution >= 0.6 is 0 Å². The molecule has 246 valence electrons. The quantitative estimate of drug-likeness (QED) is 0.175. The molecular weight excluding hydrogens is 647 g/mol. The molecule has 0 amide bonds. The maximum Gasteiger partial charge on any atom is 0.336 e. The maximum atomic E-state index is 6.89. The molecule has 0 saturated heterocycles. The monoisotopic (exact) mass is 676 g/mol. The first kappa shape index (κ1) is 28.7. The third kappa shape index (κ3) is 4.07. The van der Waals surface area contributed by atoms with Crippen LogP contribution in [0.5, 0.6) is 11.5 Å². The van der Waals surface area contributed by atoms with E-state index >= 15 is 0 Å². The molecule has 2 aromatic heterocycles. The highest BCUT2D eigenvalue weighted by molar-refractivity contribution is 6.92. The zero-order chi connectivity index (χ0) is 34.6. The largest absolute Gasteiger partial charge is 0.458 e. The summed E-state index contributed by atoms with van der Waals surface area (Å²) in [6, 6.07) is 63.0. The Morgan fingerprint density at radius 2 is 1.09 bits per heavy atom. The number of para-hydroxylation sites is 5. The molecule has 0 bridgehead atoms. The maximum absolute atomic E-state index is 6.89. The van der Waals surface area contributed by atoms with Gasteiger partial charge in [-0.3, -0.25) is 0 Å². The zero-order valence-corrected chi connectivity index (χ0v) is 28.5. The molecule has 12 rings (SSSR count). The highest BCUT2D eigenvalue weighted by Gasteiger charge is 2.44. The van der Waals surface area contributed by atoms with Crippen molar-refractivity contribution in [1.29, 1.82) is 0 Å². The van der Waals surface area contributed by atoms with Crippen LogP contribution in [0.4, 0.5) is 11.4 Å². The van der Waals surface area contributed by atoms with E-state index in [0.29, 0.717) is 0 Å². The van der Waals surface area contributed by atoms with E-state index in [2.05, 4.69) is 173 Å². The molecule has 0 atom stereocenters. The van der Waals surface area contributed by atoms with Gasteiger partial charge in [0.2, 0.25) is 0 Å². The first-order chi connectivity index (χ1) is 26.3. The molecule has 10 aromatic rings. The van der Waals surface area contributed by atoms with Crippen molar-refractivity contribution in [1.82, 2.24) is 4.57 Å². The zero-order valence-electron chi connectivity index (χ0n) is 28.5. The van der Waals surface area contributed by atoms with Gasteiger partial charge in [0.15, 0.2) is 0 Å². The van der Waals surface area contributed by atoms with Crippen molar-refractivity contribution in [2.75, 3.05) is 4.81 Å². The lowest BCUT2D eigenvalue weighted by Gasteiger charge is -2.42. The summed E-state index contributed by atoms with van der Waals surface area (Å²) < 4.78 is 15.6. The van der Waals surface area contributed by atoms with Gasteiger partial charge in [0.1, 0.15) is 22.7 Å². The molecule has 53 heavy (non-hydrogen) atoms. The number of anilines is 2. The molecule has 4 heterocycles. The van der Waals surface area contributed by atoms with Crippen LogP contribution in [-0.4, -0.2) is 11.4 Å². The summed E-state index contributed by atoms with van der Waals surface area (Å²) >= 11 is 0. The molecule has 0 unspecified atom stereocenters. The van der Waals surface area contributed by atoms with Crippen LogP contribution in [0, 0.1) is 0 Å². The Morgan fingerprint density at radius 1 is 0.434 bits per heavy atom. The molecule has 2 aliphatic rings. The number of fused-ring (bicyclic) bond motifs is 10. The van der Waals surface area contributed by atoms with Gasteiger partial charge in [0.25, 0.3) is 0 Å². The molecule has 0 fully saturated rings. The number of furan rings is 1. The lowest BCUT2D eigenvalue weighted by molar-refractivity contribution is 0.487. The Balaban J connectivity index is 1.14. The summed E-state index contributed by atoms with van der Waals surface area (Å²) in [5.74, 6) is 1.76. The van der Waals surface area contributed by atoms with E-state index < -0.39 is 0 Å². The van der Waals surface area contributed by atoms with E-state index in [0.717, 1.165) is 67.1 Å². The van der Waals surface area contributed by atoms with Crippen molar-refractivity contribution < 1.29 is 9.15 Å². The highest BCUT2D eigenvalue weighted by Crippen LogP contribution is 2.47. The van der Waals surface area contributed by atoms with Gasteiger partial charge in [-0.2, -0.15) is 0 Å². The van der Waals surface area contributed by atoms with Crippen LogP contribution in [0.15, 0.2) is 180 Å². The molecule has 0 N–H and O–H groups in total. The Hall–Kier alpha value is -6.98. The lowest BCUT2D eigenvalue weighted by atomic mass is 9.44. The summed E-state index contributed by atoms with van der Waals surface area (Å²) in [6.45, 7) is -0.0971. The molecule has 2 aliphatic heterocycles. The smallest absolute Gasteiger partial charge is 0.336 e. The highest BCUT2D eigenvalue weighted by atomic mass is 16.5. The van der Waals surface area contributed by atoms with E-state index in [9.17, 15) is 0 Å². The number of rotatable bonds is 3. The normalized spacial score (nSPS) is 13.0. The Bertz CT molecular complexity index is 3070. The number of nitrogens with zero attached hydrogens (tertiary/aromatic N) is 2. The number of hydrogen-bond acceptors (Lipinski definition) is 3. The second-order valence-corrected chi connectivity index (χ2v) is 14.1. The minimum Gasteiger partial charge on any atom is -0.458 e. The fraction of sp³-hybridized carbons (Fsp3) is 0. The van der Waals surface area contributed by atoms with Gasteiger partial charge in [0, 0.05) is 50.0 Å². The van der Waals surface area contributed by atoms with Crippen LogP contribution < -0.4 is 20.5 Å². The minimum absolute atomic E-state index is 0.0971. The predicted molar refractivity (Wildman–Crippen MR) is 219 cm³/mol. The Labute approximate surface area is 305 Å². The average molecular weight is 677 g/mol. The van der Waals surface area contributed by atoms with Crippen LogP contribution in [0.25, 0.3) is 71.7 Å². The van der Waals surface area contributed by atoms with Crippen LogP contribution in [0.3, 0.4) is 0 Å². The molecular formula is C48H29BN2O2. The minimum atomic E-state index is -0.0971. The third-order valence-corrected chi connectivity index (χ3v) is 11.2. The Kier molecular flexibility index (Phi) is 5.83. The number of hydrogen-bond donors (Lipinski definition) is 0. The summed E-state index contributed by atoms with van der Waals surface area (Å²) in [7, 11) is 0. The number of ether oxygens (including phenoxy) is 1. The predicted octanol–water partition coefficient (Wildman–Crippen LogP) is 11.4. The second kappa shape index (κ2) is 10.8. The molecule has 4 nitrogen and oxygen atoms in total. The van der Waals surface area contributed by atoms with Crippen molar-refractivity contribution in [3.8, 4) is 39.4 Å². The Morgan fingerprint density at radius 3 is 1.92 bits per heavy atom. The van der Waals surface area contributed by atoms with E-state index in [1.54, 1.807) is 0 Å². The summed E-state index contributed by atoms with van der Waals surface area (Å²) in [5.41, 5.74) is 14.4. The summed E-state index contributed by atoms with van der Waals surface area (Å²) in [4.78, 5) is 2.51. The van der Waals surface area contributed by atoms with E-state index in [1.807, 2.05) is 12.1 Å². The van der Waals surface area contributed by atoms with E-state index in [-0.39, 0.29) is 6.85 Å². The van der Waals surface area contributed by atoms with Crippen LogP contribution in [0.2, 0.25) is 0 Å². The molecule has 8 aromatic carbocycles. The first-order valence-corrected chi connectivity index (χ1v) is 18.1. The van der Waals surface area contributed by atoms with E-state index in [1.165, 1.54) is 38.4 Å². The topological polar surface area (TPSA) is 30.5 Å². The van der Waals surface area contributed by atoms with Crippen molar-refractivity contribution in [3.63, 3.8) is 0 Å². The fourth-order valence-electron chi connectivity index (χ4n) is 8.93. The average Bonchev–Trinajstić information content (AvgIpc) is 3.76. The van der Waals surface area contributed by atoms with Gasteiger partial charge in [-0.25, -0.2) is 0 Å². The van der Waals surface area contributed by atoms with Gasteiger partial charge in [-0.1, -0.05) is 109 Å².